The molecule has 1 aromatic rings. The second kappa shape index (κ2) is 4.42. The Bertz CT molecular complexity index is 624. The number of carbonyl (C=O) groups excluding carboxylic acids is 1. The van der Waals surface area contributed by atoms with Gasteiger partial charge in [-0.15, -0.1) is 0 Å². The fourth-order valence-electron chi connectivity index (χ4n) is 1.98. The number of hydrogen-bond acceptors (Lipinski definition) is 4. The smallest absolute Gasteiger partial charge is 0.228 e. The molecule has 0 aromatic heterocycles. The minimum absolute atomic E-state index is 0.277. The van der Waals surface area contributed by atoms with Crippen molar-refractivity contribution in [2.24, 2.45) is 5.14 Å². The first kappa shape index (κ1) is 13.7. The van der Waals surface area contributed by atoms with Crippen molar-refractivity contribution in [3.8, 4) is 0 Å². The molecule has 2 rings (SSSR count). The van der Waals surface area contributed by atoms with Gasteiger partial charge in [0.15, 0.2) is 5.82 Å². The number of primary sulfonamides is 1. The molecule has 0 bridgehead atoms. The number of benzene rings is 1. The lowest BCUT2D eigenvalue weighted by Gasteiger charge is -2.19. The second-order valence-electron chi connectivity index (χ2n) is 4.24. The normalized spacial score (nSPS) is 20.1. The summed E-state index contributed by atoms with van der Waals surface area (Å²) in [5.74, 6) is -2.54. The SMILES string of the molecule is Nc1cc(F)cc(F)c1N1CC(S(N)(=O)=O)CC1=O. The zero-order chi connectivity index (χ0) is 14.4. The molecule has 4 N–H and O–H groups in total. The van der Waals surface area contributed by atoms with Crippen molar-refractivity contribution in [2.75, 3.05) is 17.2 Å². The van der Waals surface area contributed by atoms with E-state index in [1.807, 2.05) is 0 Å². The number of hydrogen-bond donors (Lipinski definition) is 2. The summed E-state index contributed by atoms with van der Waals surface area (Å²) in [5.41, 5.74) is 4.87. The van der Waals surface area contributed by atoms with Gasteiger partial charge in [0.1, 0.15) is 16.8 Å². The summed E-state index contributed by atoms with van der Waals surface area (Å²) in [4.78, 5) is 12.6. The van der Waals surface area contributed by atoms with Crippen LogP contribution in [-0.4, -0.2) is 26.1 Å². The van der Waals surface area contributed by atoms with E-state index in [1.54, 1.807) is 0 Å². The Labute approximate surface area is 108 Å². The van der Waals surface area contributed by atoms with E-state index in [0.29, 0.717) is 6.07 Å². The highest BCUT2D eigenvalue weighted by molar-refractivity contribution is 7.89. The molecular weight excluding hydrogens is 280 g/mol. The number of nitrogens with zero attached hydrogens (tertiary/aromatic N) is 1. The average molecular weight is 291 g/mol. The third-order valence-electron chi connectivity index (χ3n) is 2.88. The summed E-state index contributed by atoms with van der Waals surface area (Å²) < 4.78 is 49.0. The van der Waals surface area contributed by atoms with Crippen LogP contribution in [0, 0.1) is 11.6 Å². The van der Waals surface area contributed by atoms with Crippen LogP contribution < -0.4 is 15.8 Å². The summed E-state index contributed by atoms with van der Waals surface area (Å²) in [5, 5.41) is 3.83. The van der Waals surface area contributed by atoms with Crippen LogP contribution in [0.1, 0.15) is 6.42 Å². The van der Waals surface area contributed by atoms with Crippen molar-refractivity contribution in [2.45, 2.75) is 11.7 Å². The number of sulfonamides is 1. The molecule has 104 valence electrons. The third-order valence-corrected chi connectivity index (χ3v) is 4.13. The Morgan fingerprint density at radius 3 is 2.42 bits per heavy atom. The molecule has 1 aliphatic rings. The highest BCUT2D eigenvalue weighted by Gasteiger charge is 2.38. The molecule has 1 aliphatic heterocycles. The van der Waals surface area contributed by atoms with Gasteiger partial charge >= 0.3 is 0 Å². The molecule has 0 saturated carbocycles. The van der Waals surface area contributed by atoms with Crippen molar-refractivity contribution < 1.29 is 22.0 Å². The van der Waals surface area contributed by atoms with E-state index in [4.69, 9.17) is 10.9 Å². The summed E-state index contributed by atoms with van der Waals surface area (Å²) in [7, 11) is -3.91. The summed E-state index contributed by atoms with van der Waals surface area (Å²) >= 11 is 0. The van der Waals surface area contributed by atoms with Gasteiger partial charge in [0.2, 0.25) is 15.9 Å². The van der Waals surface area contributed by atoms with E-state index < -0.39 is 32.8 Å². The predicted molar refractivity (Wildman–Crippen MR) is 64.6 cm³/mol. The van der Waals surface area contributed by atoms with Crippen LogP contribution in [0.4, 0.5) is 20.2 Å². The van der Waals surface area contributed by atoms with Gasteiger partial charge in [-0.25, -0.2) is 22.3 Å². The second-order valence-corrected chi connectivity index (χ2v) is 6.09. The molecule has 0 spiro atoms. The highest BCUT2D eigenvalue weighted by atomic mass is 32.2. The molecule has 0 radical (unpaired) electrons. The molecule has 1 heterocycles. The summed E-state index contributed by atoms with van der Waals surface area (Å²) in [6.45, 7) is -0.301. The van der Waals surface area contributed by atoms with Crippen LogP contribution >= 0.6 is 0 Å². The van der Waals surface area contributed by atoms with Crippen LogP contribution in [-0.2, 0) is 14.8 Å². The van der Waals surface area contributed by atoms with Crippen LogP contribution in [0.15, 0.2) is 12.1 Å². The first-order valence-electron chi connectivity index (χ1n) is 5.26. The average Bonchev–Trinajstić information content (AvgIpc) is 2.59. The van der Waals surface area contributed by atoms with Gasteiger partial charge in [0.25, 0.3) is 0 Å². The number of halogens is 2. The molecule has 1 aromatic carbocycles. The van der Waals surface area contributed by atoms with Crippen LogP contribution in [0.25, 0.3) is 0 Å². The van der Waals surface area contributed by atoms with Gasteiger partial charge in [-0.05, 0) is 6.07 Å². The molecule has 0 aliphatic carbocycles. The Morgan fingerprint density at radius 2 is 1.95 bits per heavy atom. The standard InChI is InChI=1S/C10H11F2N3O3S/c11-5-1-7(12)10(8(13)2-5)15-4-6(3-9(15)16)19(14,17)18/h1-2,6H,3-4,13H2,(H2,14,17,18). The van der Waals surface area contributed by atoms with Crippen LogP contribution in [0.3, 0.4) is 0 Å². The van der Waals surface area contributed by atoms with Gasteiger partial charge in [-0.2, -0.15) is 0 Å². The number of rotatable bonds is 2. The molecule has 9 heteroatoms. The fourth-order valence-corrected chi connectivity index (χ4v) is 2.71. The highest BCUT2D eigenvalue weighted by Crippen LogP contribution is 2.32. The molecule has 1 fully saturated rings. The molecule has 1 atom stereocenters. The Balaban J connectivity index is 2.42. The van der Waals surface area contributed by atoms with E-state index >= 15 is 0 Å². The van der Waals surface area contributed by atoms with E-state index in [0.717, 1.165) is 11.0 Å². The molecule has 1 saturated heterocycles. The fraction of sp³-hybridized carbons (Fsp3) is 0.300. The maximum Gasteiger partial charge on any atom is 0.228 e. The lowest BCUT2D eigenvalue weighted by atomic mass is 10.2. The van der Waals surface area contributed by atoms with Gasteiger partial charge in [0, 0.05) is 19.0 Å². The van der Waals surface area contributed by atoms with Crippen LogP contribution in [0.2, 0.25) is 0 Å². The van der Waals surface area contributed by atoms with Crippen molar-refractivity contribution in [3.63, 3.8) is 0 Å². The first-order chi connectivity index (χ1) is 8.70. The lowest BCUT2D eigenvalue weighted by molar-refractivity contribution is -0.117. The predicted octanol–water partition coefficient (Wildman–Crippen LogP) is -0.0592. The minimum atomic E-state index is -3.91. The zero-order valence-corrected chi connectivity index (χ0v) is 10.5. The Morgan fingerprint density at radius 1 is 1.32 bits per heavy atom. The number of amides is 1. The number of nitrogens with two attached hydrogens (primary N) is 2. The first-order valence-corrected chi connectivity index (χ1v) is 6.87. The summed E-state index contributed by atoms with van der Waals surface area (Å²) in [6, 6.07) is 1.43. The van der Waals surface area contributed by atoms with Crippen molar-refractivity contribution in [1.29, 1.82) is 0 Å². The van der Waals surface area contributed by atoms with Crippen LogP contribution in [0.5, 0.6) is 0 Å². The monoisotopic (exact) mass is 291 g/mol. The lowest BCUT2D eigenvalue weighted by Crippen LogP contribution is -2.32. The van der Waals surface area contributed by atoms with E-state index in [2.05, 4.69) is 0 Å². The zero-order valence-electron chi connectivity index (χ0n) is 9.64. The maximum atomic E-state index is 13.7. The molecular formula is C10H11F2N3O3S. The third kappa shape index (κ3) is 2.51. The van der Waals surface area contributed by atoms with Crippen molar-refractivity contribution in [3.05, 3.63) is 23.8 Å². The van der Waals surface area contributed by atoms with Gasteiger partial charge in [-0.3, -0.25) is 4.79 Å². The maximum absolute atomic E-state index is 13.7. The largest absolute Gasteiger partial charge is 0.397 e. The molecule has 19 heavy (non-hydrogen) atoms. The van der Waals surface area contributed by atoms with E-state index in [9.17, 15) is 22.0 Å². The number of carbonyl (C=O) groups is 1. The minimum Gasteiger partial charge on any atom is -0.397 e. The number of anilines is 2. The quantitative estimate of drug-likeness (QED) is 0.744. The molecule has 1 amide bonds. The van der Waals surface area contributed by atoms with Gasteiger partial charge in [-0.1, -0.05) is 0 Å². The van der Waals surface area contributed by atoms with Gasteiger partial charge < -0.3 is 10.6 Å². The van der Waals surface area contributed by atoms with Crippen molar-refractivity contribution >= 4 is 27.3 Å². The van der Waals surface area contributed by atoms with E-state index in [1.165, 1.54) is 0 Å². The Hall–Kier alpha value is -1.74. The number of nitrogen functional groups attached to an aromatic ring is 1. The van der Waals surface area contributed by atoms with E-state index in [-0.39, 0.29) is 24.3 Å². The summed E-state index contributed by atoms with van der Waals surface area (Å²) in [6.07, 6.45) is -0.352. The van der Waals surface area contributed by atoms with Gasteiger partial charge in [0.05, 0.1) is 5.69 Å². The topological polar surface area (TPSA) is 106 Å². The van der Waals surface area contributed by atoms with Crippen molar-refractivity contribution in [1.82, 2.24) is 0 Å². The molecule has 6 nitrogen and oxygen atoms in total. The molecule has 1 unspecified atom stereocenters. The Kier molecular flexibility index (Phi) is 3.19.